The minimum atomic E-state index is -0.265. The fourth-order valence-electron chi connectivity index (χ4n) is 1.77. The lowest BCUT2D eigenvalue weighted by molar-refractivity contribution is 0.226. The Labute approximate surface area is 94.4 Å². The summed E-state index contributed by atoms with van der Waals surface area (Å²) >= 11 is 0. The third kappa shape index (κ3) is 2.68. The molecular weight excluding hydrogens is 209 g/mol. The Hall–Kier alpha value is -1.20. The highest BCUT2D eigenvalue weighted by atomic mass is 19.1. The molecule has 0 radical (unpaired) electrons. The molecule has 16 heavy (non-hydrogen) atoms. The molecule has 1 aromatic heterocycles. The Morgan fingerprint density at radius 3 is 2.88 bits per heavy atom. The average Bonchev–Trinajstić information content (AvgIpc) is 2.33. The Balaban J connectivity index is 2.06. The first-order chi connectivity index (χ1) is 7.79. The Morgan fingerprint density at radius 1 is 1.44 bits per heavy atom. The molecule has 0 unspecified atom stereocenters. The van der Waals surface area contributed by atoms with E-state index in [2.05, 4.69) is 15.2 Å². The second-order valence-corrected chi connectivity index (χ2v) is 3.81. The highest BCUT2D eigenvalue weighted by Gasteiger charge is 2.13. The Bertz CT molecular complexity index is 353. The van der Waals surface area contributed by atoms with E-state index in [-0.39, 0.29) is 5.82 Å². The van der Waals surface area contributed by atoms with E-state index in [0.717, 1.165) is 26.2 Å². The van der Waals surface area contributed by atoms with Crippen LogP contribution in [0, 0.1) is 5.82 Å². The van der Waals surface area contributed by atoms with Crippen molar-refractivity contribution in [1.29, 1.82) is 0 Å². The number of pyridine rings is 1. The van der Waals surface area contributed by atoms with Crippen molar-refractivity contribution in [3.8, 4) is 5.88 Å². The fourth-order valence-corrected chi connectivity index (χ4v) is 1.77. The van der Waals surface area contributed by atoms with Gasteiger partial charge in [0.2, 0.25) is 5.88 Å². The van der Waals surface area contributed by atoms with Gasteiger partial charge in [0, 0.05) is 38.8 Å². The van der Waals surface area contributed by atoms with E-state index in [4.69, 9.17) is 4.74 Å². The highest BCUT2D eigenvalue weighted by molar-refractivity contribution is 5.17. The summed E-state index contributed by atoms with van der Waals surface area (Å²) in [4.78, 5) is 6.31. The van der Waals surface area contributed by atoms with Crippen LogP contribution in [-0.2, 0) is 6.54 Å². The predicted octanol–water partition coefficient (Wildman–Crippen LogP) is 0.634. The van der Waals surface area contributed by atoms with Gasteiger partial charge in [-0.25, -0.2) is 9.37 Å². The standard InChI is InChI=1S/C11H16FN3O/c1-16-11-3-2-9(12)10(14-11)8-15-6-4-13-5-7-15/h2-3,13H,4-8H2,1H3. The fraction of sp³-hybridized carbons (Fsp3) is 0.545. The molecule has 0 atom stereocenters. The van der Waals surface area contributed by atoms with Gasteiger partial charge >= 0.3 is 0 Å². The van der Waals surface area contributed by atoms with Gasteiger partial charge in [-0.3, -0.25) is 4.90 Å². The van der Waals surface area contributed by atoms with Crippen LogP contribution in [0.15, 0.2) is 12.1 Å². The van der Waals surface area contributed by atoms with E-state index in [9.17, 15) is 4.39 Å². The van der Waals surface area contributed by atoms with Crippen LogP contribution in [0.1, 0.15) is 5.69 Å². The van der Waals surface area contributed by atoms with Crippen molar-refractivity contribution in [2.75, 3.05) is 33.3 Å². The molecule has 1 aliphatic rings. The summed E-state index contributed by atoms with van der Waals surface area (Å²) in [5, 5.41) is 3.26. The quantitative estimate of drug-likeness (QED) is 0.819. The maximum Gasteiger partial charge on any atom is 0.213 e. The maximum atomic E-state index is 13.5. The van der Waals surface area contributed by atoms with Gasteiger partial charge in [0.1, 0.15) is 5.82 Å². The number of rotatable bonds is 3. The van der Waals surface area contributed by atoms with Crippen LogP contribution in [0.5, 0.6) is 5.88 Å². The van der Waals surface area contributed by atoms with E-state index in [1.165, 1.54) is 19.2 Å². The number of halogens is 1. The minimum absolute atomic E-state index is 0.265. The molecule has 1 N–H and O–H groups in total. The van der Waals surface area contributed by atoms with Crippen molar-refractivity contribution in [1.82, 2.24) is 15.2 Å². The summed E-state index contributed by atoms with van der Waals surface area (Å²) in [6, 6.07) is 2.94. The van der Waals surface area contributed by atoms with E-state index in [1.54, 1.807) is 0 Å². The molecule has 1 aliphatic heterocycles. The number of hydrogen-bond donors (Lipinski definition) is 1. The molecule has 5 heteroatoms. The largest absolute Gasteiger partial charge is 0.481 e. The van der Waals surface area contributed by atoms with Gasteiger partial charge < -0.3 is 10.1 Å². The summed E-state index contributed by atoms with van der Waals surface area (Å²) < 4.78 is 18.5. The van der Waals surface area contributed by atoms with Crippen LogP contribution in [0.25, 0.3) is 0 Å². The smallest absolute Gasteiger partial charge is 0.213 e. The van der Waals surface area contributed by atoms with Gasteiger partial charge in [-0.05, 0) is 6.07 Å². The molecule has 1 fully saturated rings. The first kappa shape index (κ1) is 11.3. The molecule has 1 aromatic rings. The number of nitrogens with zero attached hydrogens (tertiary/aromatic N) is 2. The topological polar surface area (TPSA) is 37.4 Å². The maximum absolute atomic E-state index is 13.5. The Morgan fingerprint density at radius 2 is 2.19 bits per heavy atom. The van der Waals surface area contributed by atoms with Crippen LogP contribution in [0.3, 0.4) is 0 Å². The highest BCUT2D eigenvalue weighted by Crippen LogP contribution is 2.13. The molecule has 2 rings (SSSR count). The molecule has 88 valence electrons. The Kier molecular flexibility index (Phi) is 3.69. The summed E-state index contributed by atoms with van der Waals surface area (Å²) in [5.74, 6) is 0.200. The number of nitrogens with one attached hydrogen (secondary N) is 1. The van der Waals surface area contributed by atoms with Crippen LogP contribution in [-0.4, -0.2) is 43.2 Å². The van der Waals surface area contributed by atoms with Gasteiger partial charge in [-0.1, -0.05) is 0 Å². The molecule has 0 saturated carbocycles. The van der Waals surface area contributed by atoms with E-state index >= 15 is 0 Å². The number of hydrogen-bond acceptors (Lipinski definition) is 4. The van der Waals surface area contributed by atoms with Gasteiger partial charge in [0.25, 0.3) is 0 Å². The zero-order valence-corrected chi connectivity index (χ0v) is 9.37. The van der Waals surface area contributed by atoms with Crippen LogP contribution in [0.4, 0.5) is 4.39 Å². The van der Waals surface area contributed by atoms with E-state index in [0.29, 0.717) is 18.1 Å². The number of aromatic nitrogens is 1. The van der Waals surface area contributed by atoms with Crippen molar-refractivity contribution < 1.29 is 9.13 Å². The van der Waals surface area contributed by atoms with Gasteiger partial charge in [0.15, 0.2) is 0 Å². The summed E-state index contributed by atoms with van der Waals surface area (Å²) in [6.45, 7) is 4.30. The third-order valence-electron chi connectivity index (χ3n) is 2.69. The van der Waals surface area contributed by atoms with Crippen molar-refractivity contribution in [2.45, 2.75) is 6.54 Å². The van der Waals surface area contributed by atoms with E-state index in [1.807, 2.05) is 0 Å². The molecule has 0 aliphatic carbocycles. The summed E-state index contributed by atoms with van der Waals surface area (Å²) in [5.41, 5.74) is 0.459. The van der Waals surface area contributed by atoms with Gasteiger partial charge in [0.05, 0.1) is 12.8 Å². The van der Waals surface area contributed by atoms with Crippen molar-refractivity contribution >= 4 is 0 Å². The first-order valence-corrected chi connectivity index (χ1v) is 5.42. The van der Waals surface area contributed by atoms with Gasteiger partial charge in [-0.2, -0.15) is 0 Å². The zero-order valence-electron chi connectivity index (χ0n) is 9.37. The predicted molar refractivity (Wildman–Crippen MR) is 58.9 cm³/mol. The summed E-state index contributed by atoms with van der Waals surface area (Å²) in [7, 11) is 1.54. The lowest BCUT2D eigenvalue weighted by atomic mass is 10.3. The number of ether oxygens (including phenoxy) is 1. The minimum Gasteiger partial charge on any atom is -0.481 e. The number of methoxy groups -OCH3 is 1. The molecule has 1 saturated heterocycles. The lowest BCUT2D eigenvalue weighted by Crippen LogP contribution is -2.43. The first-order valence-electron chi connectivity index (χ1n) is 5.42. The van der Waals surface area contributed by atoms with Gasteiger partial charge in [-0.15, -0.1) is 0 Å². The normalized spacial score (nSPS) is 17.4. The second-order valence-electron chi connectivity index (χ2n) is 3.81. The monoisotopic (exact) mass is 225 g/mol. The van der Waals surface area contributed by atoms with Crippen molar-refractivity contribution in [3.05, 3.63) is 23.6 Å². The lowest BCUT2D eigenvalue weighted by Gasteiger charge is -2.26. The average molecular weight is 225 g/mol. The summed E-state index contributed by atoms with van der Waals surface area (Å²) in [6.07, 6.45) is 0. The van der Waals surface area contributed by atoms with Crippen molar-refractivity contribution in [3.63, 3.8) is 0 Å². The number of piperazine rings is 1. The molecular formula is C11H16FN3O. The zero-order chi connectivity index (χ0) is 11.4. The molecule has 2 heterocycles. The van der Waals surface area contributed by atoms with Crippen LogP contribution >= 0.6 is 0 Å². The molecule has 0 aromatic carbocycles. The molecule has 0 amide bonds. The second kappa shape index (κ2) is 5.23. The molecule has 4 nitrogen and oxygen atoms in total. The van der Waals surface area contributed by atoms with E-state index < -0.39 is 0 Å². The SMILES string of the molecule is COc1ccc(F)c(CN2CCNCC2)n1. The molecule has 0 spiro atoms. The molecule has 0 bridgehead atoms. The van der Waals surface area contributed by atoms with Crippen LogP contribution in [0.2, 0.25) is 0 Å². The van der Waals surface area contributed by atoms with Crippen LogP contribution < -0.4 is 10.1 Å². The third-order valence-corrected chi connectivity index (χ3v) is 2.69. The van der Waals surface area contributed by atoms with Crippen molar-refractivity contribution in [2.24, 2.45) is 0 Å².